The lowest BCUT2D eigenvalue weighted by Gasteiger charge is -2.10. The third-order valence-electron chi connectivity index (χ3n) is 3.21. The van der Waals surface area contributed by atoms with Crippen molar-refractivity contribution in [3.8, 4) is 0 Å². The molecule has 0 aliphatic rings. The van der Waals surface area contributed by atoms with Crippen LogP contribution in [0.15, 0.2) is 61.2 Å². The van der Waals surface area contributed by atoms with E-state index >= 15 is 0 Å². The second-order valence-corrected chi connectivity index (χ2v) is 5.53. The molecule has 2 rings (SSSR count). The van der Waals surface area contributed by atoms with Crippen LogP contribution in [0.4, 0.5) is 17.1 Å². The van der Waals surface area contributed by atoms with E-state index in [1.165, 1.54) is 0 Å². The molecule has 0 aromatic heterocycles. The lowest BCUT2D eigenvalue weighted by Crippen LogP contribution is -2.28. The maximum Gasteiger partial charge on any atom is 0.255 e. The molecule has 134 valence electrons. The number of hydrazine groups is 1. The minimum absolute atomic E-state index is 0.246. The first kappa shape index (κ1) is 18.9. The highest BCUT2D eigenvalue weighted by atomic mass is 32.1. The normalized spacial score (nSPS) is 9.54. The largest absolute Gasteiger partial charge is 0.359 e. The zero-order chi connectivity index (χ0) is 18.8. The Hall–Kier alpha value is -3.39. The fourth-order valence-electron chi connectivity index (χ4n) is 2.04. The van der Waals surface area contributed by atoms with E-state index in [-0.39, 0.29) is 5.91 Å². The molecule has 0 spiro atoms. The van der Waals surface area contributed by atoms with Gasteiger partial charge in [0, 0.05) is 23.5 Å². The fraction of sp³-hybridized carbons (Fsp3) is 0.0556. The van der Waals surface area contributed by atoms with Crippen molar-refractivity contribution in [1.82, 2.24) is 10.7 Å². The van der Waals surface area contributed by atoms with Crippen LogP contribution >= 0.6 is 12.2 Å². The Bertz CT molecular complexity index is 792. The highest BCUT2D eigenvalue weighted by molar-refractivity contribution is 7.80. The summed E-state index contributed by atoms with van der Waals surface area (Å²) < 4.78 is 0. The van der Waals surface area contributed by atoms with Crippen LogP contribution in [0, 0.1) is 0 Å². The zero-order valence-electron chi connectivity index (χ0n) is 13.9. The van der Waals surface area contributed by atoms with Crippen molar-refractivity contribution in [3.05, 3.63) is 66.7 Å². The molecule has 2 aromatic carbocycles. The lowest BCUT2D eigenvalue weighted by atomic mass is 10.2. The molecule has 7 nitrogen and oxygen atoms in total. The van der Waals surface area contributed by atoms with Crippen LogP contribution in [0.2, 0.25) is 0 Å². The van der Waals surface area contributed by atoms with Gasteiger partial charge >= 0.3 is 0 Å². The van der Waals surface area contributed by atoms with Gasteiger partial charge in [-0.25, -0.2) is 0 Å². The van der Waals surface area contributed by atoms with Gasteiger partial charge in [-0.05, 0) is 54.7 Å². The Morgan fingerprint density at radius 2 is 1.77 bits per heavy atom. The molecule has 0 saturated carbocycles. The third kappa shape index (κ3) is 5.91. The maximum absolute atomic E-state index is 12.3. The molecule has 2 amide bonds. The molecule has 2 aromatic rings. The van der Waals surface area contributed by atoms with Gasteiger partial charge in [-0.15, -0.1) is 6.58 Å². The van der Waals surface area contributed by atoms with Crippen LogP contribution < -0.4 is 26.8 Å². The Labute approximate surface area is 156 Å². The van der Waals surface area contributed by atoms with Crippen LogP contribution in [0.5, 0.6) is 0 Å². The number of rotatable bonds is 8. The fourth-order valence-corrected chi connectivity index (χ4v) is 2.24. The molecular formula is C18H19N5O2S. The molecule has 0 saturated heterocycles. The summed E-state index contributed by atoms with van der Waals surface area (Å²) in [6.07, 6.45) is 2.24. The van der Waals surface area contributed by atoms with Gasteiger partial charge in [-0.2, -0.15) is 0 Å². The van der Waals surface area contributed by atoms with Crippen molar-refractivity contribution in [2.75, 3.05) is 22.6 Å². The third-order valence-corrected chi connectivity index (χ3v) is 3.45. The van der Waals surface area contributed by atoms with Gasteiger partial charge in [0.2, 0.25) is 6.41 Å². The second kappa shape index (κ2) is 9.80. The SMILES string of the molecule is C=CCNC(=S)Nc1ccc(C(=O)Nc2cccc(NNC=O)c2)cc1. The molecule has 0 aliphatic heterocycles. The molecule has 0 heterocycles. The van der Waals surface area contributed by atoms with E-state index in [4.69, 9.17) is 12.2 Å². The number of hydrogen-bond acceptors (Lipinski definition) is 4. The quantitative estimate of drug-likeness (QED) is 0.212. The van der Waals surface area contributed by atoms with Crippen molar-refractivity contribution in [3.63, 3.8) is 0 Å². The summed E-state index contributed by atoms with van der Waals surface area (Å²) in [5.41, 5.74) is 7.55. The predicted octanol–water partition coefficient (Wildman–Crippen LogP) is 2.48. The summed E-state index contributed by atoms with van der Waals surface area (Å²) in [6.45, 7) is 4.18. The number of carbonyl (C=O) groups excluding carboxylic acids is 2. The van der Waals surface area contributed by atoms with Crippen molar-refractivity contribution in [2.24, 2.45) is 0 Å². The Kier molecular flexibility index (Phi) is 7.14. The monoisotopic (exact) mass is 369 g/mol. The van der Waals surface area contributed by atoms with Gasteiger partial charge in [0.05, 0.1) is 5.69 Å². The van der Waals surface area contributed by atoms with Gasteiger partial charge in [-0.3, -0.25) is 20.4 Å². The molecule has 0 unspecified atom stereocenters. The van der Waals surface area contributed by atoms with E-state index in [0.717, 1.165) is 5.69 Å². The van der Waals surface area contributed by atoms with Crippen LogP contribution in [-0.2, 0) is 4.79 Å². The molecule has 0 bridgehead atoms. The van der Waals surface area contributed by atoms with Gasteiger partial charge in [0.1, 0.15) is 0 Å². The molecule has 26 heavy (non-hydrogen) atoms. The van der Waals surface area contributed by atoms with E-state index in [2.05, 4.69) is 33.4 Å². The average Bonchev–Trinajstić information content (AvgIpc) is 2.65. The van der Waals surface area contributed by atoms with Crippen molar-refractivity contribution in [1.29, 1.82) is 0 Å². The number of thiocarbonyl (C=S) groups is 1. The van der Waals surface area contributed by atoms with Gasteiger partial charge in [-0.1, -0.05) is 12.1 Å². The summed E-state index contributed by atoms with van der Waals surface area (Å²) in [5.74, 6) is -0.246. The Morgan fingerprint density at radius 3 is 2.46 bits per heavy atom. The smallest absolute Gasteiger partial charge is 0.255 e. The van der Waals surface area contributed by atoms with Crippen molar-refractivity contribution >= 4 is 46.7 Å². The molecule has 8 heteroatoms. The molecule has 0 aliphatic carbocycles. The summed E-state index contributed by atoms with van der Waals surface area (Å²) in [7, 11) is 0. The minimum Gasteiger partial charge on any atom is -0.359 e. The second-order valence-electron chi connectivity index (χ2n) is 5.12. The summed E-state index contributed by atoms with van der Waals surface area (Å²) >= 11 is 5.13. The number of anilines is 3. The molecule has 0 radical (unpaired) electrons. The first-order valence-electron chi connectivity index (χ1n) is 7.75. The number of nitrogens with one attached hydrogen (secondary N) is 5. The number of carbonyl (C=O) groups is 2. The van der Waals surface area contributed by atoms with Crippen molar-refractivity contribution < 1.29 is 9.59 Å². The standard InChI is InChI=1S/C18H19N5O2S/c1-2-10-19-18(26)22-14-8-6-13(7-9-14)17(25)21-15-4-3-5-16(11-15)23-20-12-24/h2-9,11-12,23H,1,10H2,(H,20,24)(H,21,25)(H2,19,22,26). The van der Waals surface area contributed by atoms with Crippen LogP contribution in [0.25, 0.3) is 0 Å². The van der Waals surface area contributed by atoms with E-state index in [1.807, 2.05) is 0 Å². The predicted molar refractivity (Wildman–Crippen MR) is 108 cm³/mol. The average molecular weight is 369 g/mol. The summed E-state index contributed by atoms with van der Waals surface area (Å²) in [4.78, 5) is 22.6. The minimum atomic E-state index is -0.246. The highest BCUT2D eigenvalue weighted by Crippen LogP contribution is 2.16. The molecule has 5 N–H and O–H groups in total. The summed E-state index contributed by atoms with van der Waals surface area (Å²) in [6, 6.07) is 13.9. The maximum atomic E-state index is 12.3. The van der Waals surface area contributed by atoms with Gasteiger partial charge in [0.25, 0.3) is 5.91 Å². The first-order valence-corrected chi connectivity index (χ1v) is 8.15. The van der Waals surface area contributed by atoms with E-state index in [1.54, 1.807) is 54.6 Å². The van der Waals surface area contributed by atoms with E-state index < -0.39 is 0 Å². The zero-order valence-corrected chi connectivity index (χ0v) is 14.7. The van der Waals surface area contributed by atoms with E-state index in [0.29, 0.717) is 35.0 Å². The Balaban J connectivity index is 1.96. The highest BCUT2D eigenvalue weighted by Gasteiger charge is 2.07. The van der Waals surface area contributed by atoms with Crippen molar-refractivity contribution in [2.45, 2.75) is 0 Å². The van der Waals surface area contributed by atoms with E-state index in [9.17, 15) is 9.59 Å². The topological polar surface area (TPSA) is 94.3 Å². The molecular weight excluding hydrogens is 350 g/mol. The lowest BCUT2D eigenvalue weighted by molar-refractivity contribution is -0.109. The number of hydrogen-bond donors (Lipinski definition) is 5. The first-order chi connectivity index (χ1) is 12.6. The van der Waals surface area contributed by atoms with Crippen LogP contribution in [-0.4, -0.2) is 24.0 Å². The molecule has 0 atom stereocenters. The van der Waals surface area contributed by atoms with Gasteiger partial charge in [0.15, 0.2) is 5.11 Å². The Morgan fingerprint density at radius 1 is 1.04 bits per heavy atom. The van der Waals surface area contributed by atoms with Crippen LogP contribution in [0.1, 0.15) is 10.4 Å². The van der Waals surface area contributed by atoms with Gasteiger partial charge < -0.3 is 16.0 Å². The molecule has 0 fully saturated rings. The summed E-state index contributed by atoms with van der Waals surface area (Å²) in [5, 5.41) is 9.26. The number of benzene rings is 2. The number of amides is 2. The van der Waals surface area contributed by atoms with Crippen LogP contribution in [0.3, 0.4) is 0 Å².